The Morgan fingerprint density at radius 2 is 1.89 bits per heavy atom. The molecule has 9 heteroatoms. The molecule has 0 bridgehead atoms. The van der Waals surface area contributed by atoms with E-state index in [4.69, 9.17) is 4.52 Å². The second-order valence-electron chi connectivity index (χ2n) is 6.32. The molecule has 0 N–H and O–H groups in total. The van der Waals surface area contributed by atoms with Crippen molar-refractivity contribution in [2.45, 2.75) is 13.3 Å². The van der Waals surface area contributed by atoms with Gasteiger partial charge in [-0.1, -0.05) is 29.4 Å². The van der Waals surface area contributed by atoms with Crippen LogP contribution in [0.2, 0.25) is 0 Å². The highest BCUT2D eigenvalue weighted by Crippen LogP contribution is 2.25. The summed E-state index contributed by atoms with van der Waals surface area (Å²) in [6.07, 6.45) is 5.72. The van der Waals surface area contributed by atoms with Crippen LogP contribution in [0.4, 0.5) is 0 Å². The number of benzene rings is 1. The second-order valence-corrected chi connectivity index (χ2v) is 8.57. The van der Waals surface area contributed by atoms with Crippen molar-refractivity contribution in [2.75, 3.05) is 18.8 Å². The predicted octanol–water partition coefficient (Wildman–Crippen LogP) is 2.63. The highest BCUT2D eigenvalue weighted by molar-refractivity contribution is 7.89. The van der Waals surface area contributed by atoms with E-state index < -0.39 is 10.0 Å². The van der Waals surface area contributed by atoms with Crippen LogP contribution in [0, 0.1) is 0 Å². The topological polar surface area (TPSA) is 102 Å². The van der Waals surface area contributed by atoms with Crippen molar-refractivity contribution >= 4 is 15.6 Å². The average Bonchev–Trinajstić information content (AvgIpc) is 3.25. The van der Waals surface area contributed by atoms with Gasteiger partial charge < -0.3 is 4.52 Å². The third-order valence-electron chi connectivity index (χ3n) is 4.57. The summed E-state index contributed by atoms with van der Waals surface area (Å²) >= 11 is 0. The van der Waals surface area contributed by atoms with Crippen molar-refractivity contribution in [1.29, 1.82) is 0 Å². The number of hydrogen-bond acceptors (Lipinski definition) is 7. The summed E-state index contributed by atoms with van der Waals surface area (Å²) in [6, 6.07) is 9.50. The van der Waals surface area contributed by atoms with Gasteiger partial charge in [0, 0.05) is 18.7 Å². The Balaban J connectivity index is 1.57. The molecule has 144 valence electrons. The molecule has 28 heavy (non-hydrogen) atoms. The first-order valence-electron chi connectivity index (χ1n) is 8.95. The smallest absolute Gasteiger partial charge is 0.258 e. The standard InChI is InChI=1S/C19H19N5O3S/c1-2-28(25,26)24-10-8-14(9-11-24)16-12-20-13-17(21-16)18-22-19(27-23-18)15-6-4-3-5-7-15/h3-8,12-13H,2,9-11H2,1H3. The van der Waals surface area contributed by atoms with Crippen LogP contribution >= 0.6 is 0 Å². The highest BCUT2D eigenvalue weighted by Gasteiger charge is 2.23. The lowest BCUT2D eigenvalue weighted by molar-refractivity contribution is 0.432. The van der Waals surface area contributed by atoms with Crippen molar-refractivity contribution in [1.82, 2.24) is 24.4 Å². The van der Waals surface area contributed by atoms with Crippen molar-refractivity contribution in [3.8, 4) is 23.0 Å². The molecule has 0 saturated carbocycles. The van der Waals surface area contributed by atoms with Gasteiger partial charge in [-0.25, -0.2) is 13.4 Å². The molecule has 4 rings (SSSR count). The lowest BCUT2D eigenvalue weighted by Crippen LogP contribution is -2.35. The molecular formula is C19H19N5O3S. The molecule has 2 aromatic heterocycles. The molecule has 0 atom stereocenters. The van der Waals surface area contributed by atoms with Gasteiger partial charge in [0.15, 0.2) is 0 Å². The summed E-state index contributed by atoms with van der Waals surface area (Å²) in [5, 5.41) is 4.01. The minimum absolute atomic E-state index is 0.104. The zero-order valence-corrected chi connectivity index (χ0v) is 16.1. The SMILES string of the molecule is CCS(=O)(=O)N1CC=C(c2cncc(-c3noc(-c4ccccc4)n3)n2)CC1. The van der Waals surface area contributed by atoms with E-state index in [1.807, 2.05) is 36.4 Å². The number of aromatic nitrogens is 4. The molecular weight excluding hydrogens is 378 g/mol. The van der Waals surface area contributed by atoms with E-state index in [0.717, 1.165) is 11.1 Å². The Hall–Kier alpha value is -2.91. The van der Waals surface area contributed by atoms with Crippen LogP contribution in [-0.4, -0.2) is 51.7 Å². The normalized spacial score (nSPS) is 15.4. The van der Waals surface area contributed by atoms with Crippen molar-refractivity contribution in [3.63, 3.8) is 0 Å². The number of rotatable bonds is 5. The van der Waals surface area contributed by atoms with Gasteiger partial charge in [-0.15, -0.1) is 0 Å². The Morgan fingerprint density at radius 3 is 2.61 bits per heavy atom. The average molecular weight is 397 g/mol. The van der Waals surface area contributed by atoms with Gasteiger partial charge in [-0.2, -0.15) is 9.29 Å². The molecule has 0 aliphatic carbocycles. The van der Waals surface area contributed by atoms with Gasteiger partial charge >= 0.3 is 0 Å². The monoisotopic (exact) mass is 397 g/mol. The Morgan fingerprint density at radius 1 is 1.11 bits per heavy atom. The van der Waals surface area contributed by atoms with Crippen molar-refractivity contribution in [2.24, 2.45) is 0 Å². The summed E-state index contributed by atoms with van der Waals surface area (Å²) in [4.78, 5) is 13.2. The molecule has 1 aliphatic rings. The van der Waals surface area contributed by atoms with Gasteiger partial charge in [-0.3, -0.25) is 4.98 Å². The fraction of sp³-hybridized carbons (Fsp3) is 0.263. The number of nitrogens with zero attached hydrogens (tertiary/aromatic N) is 5. The van der Waals surface area contributed by atoms with Gasteiger partial charge in [0.1, 0.15) is 5.69 Å². The van der Waals surface area contributed by atoms with Crippen LogP contribution in [-0.2, 0) is 10.0 Å². The first-order chi connectivity index (χ1) is 13.6. The Labute approximate surface area is 163 Å². The minimum atomic E-state index is -3.18. The van der Waals surface area contributed by atoms with Crippen LogP contribution in [0.1, 0.15) is 19.0 Å². The van der Waals surface area contributed by atoms with E-state index in [-0.39, 0.29) is 5.75 Å². The van der Waals surface area contributed by atoms with E-state index >= 15 is 0 Å². The number of hydrogen-bond donors (Lipinski definition) is 0. The van der Waals surface area contributed by atoms with Gasteiger partial charge in [-0.05, 0) is 31.1 Å². The second kappa shape index (κ2) is 7.61. The summed E-state index contributed by atoms with van der Waals surface area (Å²) in [5.41, 5.74) is 2.99. The van der Waals surface area contributed by atoms with E-state index in [9.17, 15) is 8.42 Å². The van der Waals surface area contributed by atoms with Gasteiger partial charge in [0.2, 0.25) is 15.8 Å². The fourth-order valence-electron chi connectivity index (χ4n) is 2.97. The van der Waals surface area contributed by atoms with Crippen LogP contribution in [0.25, 0.3) is 28.5 Å². The van der Waals surface area contributed by atoms with Crippen molar-refractivity contribution in [3.05, 3.63) is 54.5 Å². The zero-order valence-electron chi connectivity index (χ0n) is 15.3. The van der Waals surface area contributed by atoms with E-state index in [1.54, 1.807) is 19.3 Å². The molecule has 3 aromatic rings. The van der Waals surface area contributed by atoms with Gasteiger partial charge in [0.05, 0.1) is 23.8 Å². The third kappa shape index (κ3) is 3.71. The highest BCUT2D eigenvalue weighted by atomic mass is 32.2. The Bertz CT molecular complexity index is 1110. The molecule has 0 spiro atoms. The summed E-state index contributed by atoms with van der Waals surface area (Å²) in [7, 11) is -3.18. The first-order valence-corrected chi connectivity index (χ1v) is 10.6. The molecule has 0 saturated heterocycles. The molecule has 0 amide bonds. The summed E-state index contributed by atoms with van der Waals surface area (Å²) in [5.74, 6) is 0.882. The quantitative estimate of drug-likeness (QED) is 0.652. The van der Waals surface area contributed by atoms with Crippen LogP contribution < -0.4 is 0 Å². The van der Waals surface area contributed by atoms with Gasteiger partial charge in [0.25, 0.3) is 5.89 Å². The van der Waals surface area contributed by atoms with E-state index in [0.29, 0.717) is 42.6 Å². The predicted molar refractivity (Wildman–Crippen MR) is 104 cm³/mol. The molecule has 8 nitrogen and oxygen atoms in total. The Kier molecular flexibility index (Phi) is 5.01. The summed E-state index contributed by atoms with van der Waals surface area (Å²) in [6.45, 7) is 2.43. The maximum absolute atomic E-state index is 12.0. The number of sulfonamides is 1. The van der Waals surface area contributed by atoms with Crippen LogP contribution in [0.15, 0.2) is 53.3 Å². The molecule has 0 radical (unpaired) electrons. The minimum Gasteiger partial charge on any atom is -0.334 e. The molecule has 0 unspecified atom stereocenters. The first kappa shape index (κ1) is 18.5. The zero-order chi connectivity index (χ0) is 19.6. The van der Waals surface area contributed by atoms with E-state index in [2.05, 4.69) is 20.1 Å². The summed E-state index contributed by atoms with van der Waals surface area (Å²) < 4.78 is 30.8. The molecule has 1 aromatic carbocycles. The van der Waals surface area contributed by atoms with E-state index in [1.165, 1.54) is 4.31 Å². The molecule has 0 fully saturated rings. The maximum Gasteiger partial charge on any atom is 0.258 e. The maximum atomic E-state index is 12.0. The van der Waals surface area contributed by atoms with Crippen LogP contribution in [0.3, 0.4) is 0 Å². The van der Waals surface area contributed by atoms with Crippen LogP contribution in [0.5, 0.6) is 0 Å². The molecule has 3 heterocycles. The molecule has 1 aliphatic heterocycles. The lowest BCUT2D eigenvalue weighted by atomic mass is 10.1. The van der Waals surface area contributed by atoms with Crippen molar-refractivity contribution < 1.29 is 12.9 Å². The fourth-order valence-corrected chi connectivity index (χ4v) is 4.01. The third-order valence-corrected chi connectivity index (χ3v) is 6.42. The largest absolute Gasteiger partial charge is 0.334 e. The lowest BCUT2D eigenvalue weighted by Gasteiger charge is -2.25.